The van der Waals surface area contributed by atoms with E-state index in [1.807, 2.05) is 11.6 Å². The lowest BCUT2D eigenvalue weighted by Crippen LogP contribution is -1.97. The van der Waals surface area contributed by atoms with E-state index in [0.29, 0.717) is 0 Å². The Hall–Kier alpha value is -1.26. The quantitative estimate of drug-likeness (QED) is 0.861. The van der Waals surface area contributed by atoms with Gasteiger partial charge in [-0.15, -0.1) is 0 Å². The van der Waals surface area contributed by atoms with Gasteiger partial charge in [0, 0.05) is 12.8 Å². The van der Waals surface area contributed by atoms with E-state index < -0.39 is 0 Å². The third-order valence-electron chi connectivity index (χ3n) is 2.85. The molecule has 0 fully saturated rings. The van der Waals surface area contributed by atoms with Crippen LogP contribution in [0.4, 0.5) is 0 Å². The highest BCUT2D eigenvalue weighted by molar-refractivity contribution is 7.98. The number of aryl methyl sites for hydroxylation is 2. The minimum atomic E-state index is 0.0353. The molecule has 0 aliphatic carbocycles. The molecule has 3 nitrogen and oxygen atoms in total. The summed E-state index contributed by atoms with van der Waals surface area (Å²) in [7, 11) is 1.93. The number of benzene rings is 1. The van der Waals surface area contributed by atoms with Crippen molar-refractivity contribution >= 4 is 11.8 Å². The van der Waals surface area contributed by atoms with E-state index >= 15 is 0 Å². The van der Waals surface area contributed by atoms with Crippen molar-refractivity contribution in [1.82, 2.24) is 9.55 Å². The van der Waals surface area contributed by atoms with Crippen LogP contribution in [0.3, 0.4) is 0 Å². The first-order chi connectivity index (χ1) is 8.60. The summed E-state index contributed by atoms with van der Waals surface area (Å²) in [6.45, 7) is 4.27. The Morgan fingerprint density at radius 1 is 1.22 bits per heavy atom. The van der Waals surface area contributed by atoms with E-state index in [2.05, 4.69) is 37.0 Å². The number of thioether (sulfide) groups is 1. The van der Waals surface area contributed by atoms with Crippen molar-refractivity contribution in [3.8, 4) is 0 Å². The van der Waals surface area contributed by atoms with Crippen molar-refractivity contribution < 1.29 is 5.11 Å². The maximum absolute atomic E-state index is 9.12. The SMILES string of the molecule is Cc1cc(C)cc(CSc2ncc(CO)n2C)c1. The lowest BCUT2D eigenvalue weighted by Gasteiger charge is -2.06. The zero-order valence-corrected chi connectivity index (χ0v) is 11.8. The van der Waals surface area contributed by atoms with Crippen molar-refractivity contribution in [2.24, 2.45) is 7.05 Å². The maximum Gasteiger partial charge on any atom is 0.168 e. The van der Waals surface area contributed by atoms with E-state index in [1.54, 1.807) is 18.0 Å². The van der Waals surface area contributed by atoms with Gasteiger partial charge in [0.2, 0.25) is 0 Å². The van der Waals surface area contributed by atoms with Crippen LogP contribution in [0.5, 0.6) is 0 Å². The molecule has 0 radical (unpaired) electrons. The summed E-state index contributed by atoms with van der Waals surface area (Å²) in [6.07, 6.45) is 1.73. The van der Waals surface area contributed by atoms with Crippen molar-refractivity contribution in [2.45, 2.75) is 31.4 Å². The third-order valence-corrected chi connectivity index (χ3v) is 3.97. The van der Waals surface area contributed by atoms with Crippen molar-refractivity contribution in [1.29, 1.82) is 0 Å². The molecule has 0 saturated heterocycles. The lowest BCUT2D eigenvalue weighted by atomic mass is 10.1. The monoisotopic (exact) mass is 262 g/mol. The van der Waals surface area contributed by atoms with Gasteiger partial charge in [-0.2, -0.15) is 0 Å². The third kappa shape index (κ3) is 2.94. The summed E-state index contributed by atoms with van der Waals surface area (Å²) in [5, 5.41) is 10.1. The molecule has 0 aliphatic rings. The number of hydrogen-bond acceptors (Lipinski definition) is 3. The number of aliphatic hydroxyl groups is 1. The molecular formula is C14H18N2OS. The standard InChI is InChI=1S/C14H18N2OS/c1-10-4-11(2)6-12(5-10)9-18-14-15-7-13(8-17)16(14)3/h4-7,17H,8-9H2,1-3H3. The number of hydrogen-bond donors (Lipinski definition) is 1. The van der Waals surface area contributed by atoms with Crippen molar-refractivity contribution in [3.05, 3.63) is 46.8 Å². The van der Waals surface area contributed by atoms with Gasteiger partial charge in [-0.3, -0.25) is 0 Å². The molecule has 0 unspecified atom stereocenters. The topological polar surface area (TPSA) is 38.1 Å². The number of rotatable bonds is 4. The minimum absolute atomic E-state index is 0.0353. The smallest absolute Gasteiger partial charge is 0.168 e. The summed E-state index contributed by atoms with van der Waals surface area (Å²) in [5.41, 5.74) is 4.74. The molecule has 4 heteroatoms. The first kappa shape index (κ1) is 13.2. The number of nitrogens with zero attached hydrogens (tertiary/aromatic N) is 2. The minimum Gasteiger partial charge on any atom is -0.390 e. The normalized spacial score (nSPS) is 10.9. The zero-order chi connectivity index (χ0) is 13.1. The molecule has 0 amide bonds. The van der Waals surface area contributed by atoms with Crippen LogP contribution in [0.15, 0.2) is 29.6 Å². The fraction of sp³-hybridized carbons (Fsp3) is 0.357. The van der Waals surface area contributed by atoms with Gasteiger partial charge in [0.1, 0.15) is 0 Å². The summed E-state index contributed by atoms with van der Waals surface area (Å²) in [6, 6.07) is 6.59. The molecule has 0 aliphatic heterocycles. The molecule has 0 saturated carbocycles. The highest BCUT2D eigenvalue weighted by Gasteiger charge is 2.06. The zero-order valence-electron chi connectivity index (χ0n) is 11.0. The molecule has 0 bridgehead atoms. The van der Waals surface area contributed by atoms with Gasteiger partial charge in [0.05, 0.1) is 18.5 Å². The van der Waals surface area contributed by atoms with Crippen LogP contribution >= 0.6 is 11.8 Å². The molecule has 1 aromatic heterocycles. The van der Waals surface area contributed by atoms with Crippen LogP contribution in [0.2, 0.25) is 0 Å². The average molecular weight is 262 g/mol. The van der Waals surface area contributed by atoms with Gasteiger partial charge in [0.15, 0.2) is 5.16 Å². The highest BCUT2D eigenvalue weighted by Crippen LogP contribution is 2.23. The maximum atomic E-state index is 9.12. The van der Waals surface area contributed by atoms with E-state index in [0.717, 1.165) is 16.6 Å². The Morgan fingerprint density at radius 3 is 2.44 bits per heavy atom. The molecule has 0 atom stereocenters. The summed E-state index contributed by atoms with van der Waals surface area (Å²) < 4.78 is 1.94. The fourth-order valence-electron chi connectivity index (χ4n) is 2.01. The molecule has 18 heavy (non-hydrogen) atoms. The van der Waals surface area contributed by atoms with Gasteiger partial charge in [-0.25, -0.2) is 4.98 Å². The lowest BCUT2D eigenvalue weighted by molar-refractivity contribution is 0.271. The molecule has 96 valence electrons. The van der Waals surface area contributed by atoms with Gasteiger partial charge >= 0.3 is 0 Å². The first-order valence-corrected chi connectivity index (χ1v) is 6.90. The second-order valence-corrected chi connectivity index (χ2v) is 5.48. The van der Waals surface area contributed by atoms with Crippen LogP contribution in [0.1, 0.15) is 22.4 Å². The molecule has 1 heterocycles. The Kier molecular flexibility index (Phi) is 4.09. The van der Waals surface area contributed by atoms with Crippen LogP contribution in [0.25, 0.3) is 0 Å². The second kappa shape index (κ2) is 5.59. The van der Waals surface area contributed by atoms with Gasteiger partial charge < -0.3 is 9.67 Å². The van der Waals surface area contributed by atoms with E-state index in [9.17, 15) is 0 Å². The molecule has 0 spiro atoms. The predicted molar refractivity (Wildman–Crippen MR) is 74.6 cm³/mol. The first-order valence-electron chi connectivity index (χ1n) is 5.91. The largest absolute Gasteiger partial charge is 0.390 e. The number of aromatic nitrogens is 2. The van der Waals surface area contributed by atoms with Gasteiger partial charge in [-0.05, 0) is 19.4 Å². The fourth-order valence-corrected chi connectivity index (χ4v) is 2.91. The summed E-state index contributed by atoms with van der Waals surface area (Å²) >= 11 is 1.69. The molecule has 1 aromatic carbocycles. The van der Waals surface area contributed by atoms with Crippen LogP contribution < -0.4 is 0 Å². The Morgan fingerprint density at radius 2 is 1.89 bits per heavy atom. The number of aliphatic hydroxyl groups excluding tert-OH is 1. The molecule has 1 N–H and O–H groups in total. The van der Waals surface area contributed by atoms with Crippen LogP contribution in [-0.4, -0.2) is 14.7 Å². The predicted octanol–water partition coefficient (Wildman–Crippen LogP) is 2.82. The second-order valence-electron chi connectivity index (χ2n) is 4.53. The Bertz CT molecular complexity index is 528. The van der Waals surface area contributed by atoms with Crippen molar-refractivity contribution in [3.63, 3.8) is 0 Å². The molecular weight excluding hydrogens is 244 g/mol. The summed E-state index contributed by atoms with van der Waals surface area (Å²) in [4.78, 5) is 4.31. The van der Waals surface area contributed by atoms with Crippen molar-refractivity contribution in [2.75, 3.05) is 0 Å². The van der Waals surface area contributed by atoms with Gasteiger partial charge in [-0.1, -0.05) is 41.1 Å². The molecule has 2 aromatic rings. The van der Waals surface area contributed by atoms with Gasteiger partial charge in [0.25, 0.3) is 0 Å². The summed E-state index contributed by atoms with van der Waals surface area (Å²) in [5.74, 6) is 0.901. The average Bonchev–Trinajstić information content (AvgIpc) is 2.66. The van der Waals surface area contributed by atoms with E-state index in [1.165, 1.54) is 16.7 Å². The van der Waals surface area contributed by atoms with E-state index in [4.69, 9.17) is 5.11 Å². The Labute approximate surface area is 112 Å². The van der Waals surface area contributed by atoms with Crippen LogP contribution in [-0.2, 0) is 19.4 Å². The highest BCUT2D eigenvalue weighted by atomic mass is 32.2. The molecule has 2 rings (SSSR count). The van der Waals surface area contributed by atoms with E-state index in [-0.39, 0.29) is 6.61 Å². The Balaban J connectivity index is 2.09. The number of imidazole rings is 1. The van der Waals surface area contributed by atoms with Crippen LogP contribution in [0, 0.1) is 13.8 Å².